The topological polar surface area (TPSA) is 87.6 Å². The average Bonchev–Trinajstić information content (AvgIpc) is 2.44. The van der Waals surface area contributed by atoms with Crippen molar-refractivity contribution < 1.29 is 14.6 Å². The molecule has 0 bridgehead atoms. The molecule has 110 valence electrons. The third-order valence-electron chi connectivity index (χ3n) is 3.12. The third-order valence-corrected chi connectivity index (χ3v) is 3.12. The van der Waals surface area contributed by atoms with Crippen LogP contribution in [0.5, 0.6) is 0 Å². The van der Waals surface area contributed by atoms with Crippen LogP contribution in [0, 0.1) is 0 Å². The minimum atomic E-state index is -0.368. The summed E-state index contributed by atoms with van der Waals surface area (Å²) in [6.07, 6.45) is -0.251. The van der Waals surface area contributed by atoms with Gasteiger partial charge in [0.1, 0.15) is 0 Å². The Kier molecular flexibility index (Phi) is 4.20. The molecular formula is C13H20N4O3. The third kappa shape index (κ3) is 3.23. The lowest BCUT2D eigenvalue weighted by molar-refractivity contribution is -0.101. The smallest absolute Gasteiger partial charge is 0.271 e. The molecule has 0 aromatic carbocycles. The summed E-state index contributed by atoms with van der Waals surface area (Å²) < 4.78 is 5.75. The Hall–Kier alpha value is -1.73. The minimum Gasteiger partial charge on any atom is -0.394 e. The van der Waals surface area contributed by atoms with Crippen molar-refractivity contribution in [3.63, 3.8) is 0 Å². The van der Waals surface area contributed by atoms with E-state index in [2.05, 4.69) is 15.5 Å². The first-order valence-corrected chi connectivity index (χ1v) is 6.54. The highest BCUT2D eigenvalue weighted by Gasteiger charge is 2.33. The van der Waals surface area contributed by atoms with Crippen molar-refractivity contribution in [2.24, 2.45) is 0 Å². The molecule has 0 spiro atoms. The number of amides is 1. The molecule has 1 aliphatic heterocycles. The van der Waals surface area contributed by atoms with Gasteiger partial charge in [0.05, 0.1) is 18.3 Å². The molecule has 1 unspecified atom stereocenters. The molecule has 1 aromatic heterocycles. The Morgan fingerprint density at radius 1 is 1.55 bits per heavy atom. The second-order valence-electron chi connectivity index (χ2n) is 5.42. The first kappa shape index (κ1) is 14.7. The lowest BCUT2D eigenvalue weighted by atomic mass is 10.1. The van der Waals surface area contributed by atoms with Gasteiger partial charge in [0.25, 0.3) is 5.91 Å². The fourth-order valence-electron chi connectivity index (χ4n) is 2.31. The second kappa shape index (κ2) is 5.72. The van der Waals surface area contributed by atoms with Crippen molar-refractivity contribution in [2.75, 3.05) is 31.6 Å². The Morgan fingerprint density at radius 3 is 2.85 bits per heavy atom. The van der Waals surface area contributed by atoms with Crippen LogP contribution in [-0.2, 0) is 4.74 Å². The largest absolute Gasteiger partial charge is 0.394 e. The van der Waals surface area contributed by atoms with E-state index < -0.39 is 0 Å². The number of anilines is 1. The Morgan fingerprint density at radius 2 is 2.30 bits per heavy atom. The highest BCUT2D eigenvalue weighted by atomic mass is 16.5. The number of aromatic nitrogens is 2. The number of aliphatic hydroxyl groups is 1. The molecule has 7 heteroatoms. The van der Waals surface area contributed by atoms with Gasteiger partial charge in [0.2, 0.25) is 0 Å². The number of hydrogen-bond donors (Lipinski definition) is 2. The Balaban J connectivity index is 2.16. The lowest BCUT2D eigenvalue weighted by Gasteiger charge is -2.42. The zero-order valence-corrected chi connectivity index (χ0v) is 12.0. The van der Waals surface area contributed by atoms with Gasteiger partial charge >= 0.3 is 0 Å². The minimum absolute atomic E-state index is 0.0380. The van der Waals surface area contributed by atoms with Crippen molar-refractivity contribution in [1.82, 2.24) is 15.5 Å². The fourth-order valence-corrected chi connectivity index (χ4v) is 2.31. The quantitative estimate of drug-likeness (QED) is 0.798. The second-order valence-corrected chi connectivity index (χ2v) is 5.42. The van der Waals surface area contributed by atoms with E-state index >= 15 is 0 Å². The van der Waals surface area contributed by atoms with Crippen LogP contribution in [-0.4, -0.2) is 59.7 Å². The first-order valence-electron chi connectivity index (χ1n) is 6.54. The summed E-state index contributed by atoms with van der Waals surface area (Å²) in [5.74, 6) is 0.409. The molecule has 20 heavy (non-hydrogen) atoms. The van der Waals surface area contributed by atoms with Gasteiger partial charge in [-0.15, -0.1) is 10.2 Å². The van der Waals surface area contributed by atoms with Crippen molar-refractivity contribution in [1.29, 1.82) is 0 Å². The van der Waals surface area contributed by atoms with E-state index in [0.717, 1.165) is 0 Å². The zero-order valence-electron chi connectivity index (χ0n) is 12.0. The van der Waals surface area contributed by atoms with Crippen molar-refractivity contribution in [3.8, 4) is 0 Å². The molecule has 2 N–H and O–H groups in total. The van der Waals surface area contributed by atoms with E-state index in [1.54, 1.807) is 19.2 Å². The number of rotatable bonds is 3. The summed E-state index contributed by atoms with van der Waals surface area (Å²) in [6.45, 7) is 5.09. The summed E-state index contributed by atoms with van der Waals surface area (Å²) in [5, 5.41) is 19.8. The van der Waals surface area contributed by atoms with Gasteiger partial charge < -0.3 is 20.1 Å². The van der Waals surface area contributed by atoms with Crippen LogP contribution in [0.15, 0.2) is 12.1 Å². The van der Waals surface area contributed by atoms with Crippen molar-refractivity contribution in [2.45, 2.75) is 25.6 Å². The standard InChI is InChI=1S/C13H20N4O3/c1-13(2)8-17(6-9(7-18)20-13)11-5-4-10(15-16-11)12(19)14-3/h4-5,9,18H,6-8H2,1-3H3,(H,14,19). The van der Waals surface area contributed by atoms with Crippen LogP contribution in [0.2, 0.25) is 0 Å². The van der Waals surface area contributed by atoms with E-state index in [-0.39, 0.29) is 29.9 Å². The summed E-state index contributed by atoms with van der Waals surface area (Å²) in [6, 6.07) is 3.39. The molecule has 1 fully saturated rings. The number of ether oxygens (including phenoxy) is 1. The highest BCUT2D eigenvalue weighted by Crippen LogP contribution is 2.24. The van der Waals surface area contributed by atoms with E-state index in [1.807, 2.05) is 18.7 Å². The summed E-state index contributed by atoms with van der Waals surface area (Å²) in [7, 11) is 1.55. The van der Waals surface area contributed by atoms with Crippen molar-refractivity contribution >= 4 is 11.7 Å². The number of nitrogens with zero attached hydrogens (tertiary/aromatic N) is 3. The van der Waals surface area contributed by atoms with Crippen LogP contribution < -0.4 is 10.2 Å². The summed E-state index contributed by atoms with van der Waals surface area (Å²) in [4.78, 5) is 13.4. The maximum atomic E-state index is 11.4. The SMILES string of the molecule is CNC(=O)c1ccc(N2CC(CO)OC(C)(C)C2)nn1. The van der Waals surface area contributed by atoms with Gasteiger partial charge in [-0.1, -0.05) is 0 Å². The molecule has 1 saturated heterocycles. The number of aliphatic hydroxyl groups excluding tert-OH is 1. The maximum absolute atomic E-state index is 11.4. The van der Waals surface area contributed by atoms with Gasteiger partial charge in [0, 0.05) is 20.1 Å². The molecule has 2 heterocycles. The molecule has 0 saturated carbocycles. The molecule has 0 aliphatic carbocycles. The van der Waals surface area contributed by atoms with E-state index in [9.17, 15) is 9.90 Å². The van der Waals surface area contributed by atoms with Crippen LogP contribution in [0.1, 0.15) is 24.3 Å². The van der Waals surface area contributed by atoms with Gasteiger partial charge in [-0.3, -0.25) is 4.79 Å². The molecule has 1 atom stereocenters. The number of nitrogens with one attached hydrogen (secondary N) is 1. The monoisotopic (exact) mass is 280 g/mol. The van der Waals surface area contributed by atoms with Gasteiger partial charge in [0.15, 0.2) is 11.5 Å². The van der Waals surface area contributed by atoms with Gasteiger partial charge in [-0.25, -0.2) is 0 Å². The summed E-state index contributed by atoms with van der Waals surface area (Å²) >= 11 is 0. The van der Waals surface area contributed by atoms with Crippen LogP contribution in [0.25, 0.3) is 0 Å². The highest BCUT2D eigenvalue weighted by molar-refractivity contribution is 5.91. The molecule has 2 rings (SSSR count). The molecule has 1 aromatic rings. The number of carbonyl (C=O) groups excluding carboxylic acids is 1. The normalized spacial score (nSPS) is 21.6. The maximum Gasteiger partial charge on any atom is 0.271 e. The van der Waals surface area contributed by atoms with Crippen LogP contribution in [0.3, 0.4) is 0 Å². The Labute approximate surface area is 117 Å². The summed E-state index contributed by atoms with van der Waals surface area (Å²) in [5.41, 5.74) is -0.0882. The van der Waals surface area contributed by atoms with Crippen LogP contribution >= 0.6 is 0 Å². The van der Waals surface area contributed by atoms with Crippen molar-refractivity contribution in [3.05, 3.63) is 17.8 Å². The molecule has 1 aliphatic rings. The predicted octanol–water partition coefficient (Wildman–Crippen LogP) is -0.188. The Bertz CT molecular complexity index is 475. The predicted molar refractivity (Wildman–Crippen MR) is 73.7 cm³/mol. The fraction of sp³-hybridized carbons (Fsp3) is 0.615. The van der Waals surface area contributed by atoms with Crippen LogP contribution in [0.4, 0.5) is 5.82 Å². The molecular weight excluding hydrogens is 260 g/mol. The van der Waals surface area contributed by atoms with E-state index in [4.69, 9.17) is 4.74 Å². The number of morpholine rings is 1. The van der Waals surface area contributed by atoms with E-state index in [0.29, 0.717) is 18.9 Å². The molecule has 1 amide bonds. The van der Waals surface area contributed by atoms with Gasteiger partial charge in [-0.05, 0) is 26.0 Å². The van der Waals surface area contributed by atoms with Gasteiger partial charge in [-0.2, -0.15) is 0 Å². The number of hydrogen-bond acceptors (Lipinski definition) is 6. The van der Waals surface area contributed by atoms with E-state index in [1.165, 1.54) is 0 Å². The molecule has 7 nitrogen and oxygen atoms in total. The lowest BCUT2D eigenvalue weighted by Crippen LogP contribution is -2.54. The zero-order chi connectivity index (χ0) is 14.8. The first-order chi connectivity index (χ1) is 9.45. The number of carbonyl (C=O) groups is 1. The average molecular weight is 280 g/mol. The molecule has 0 radical (unpaired) electrons.